The van der Waals surface area contributed by atoms with Gasteiger partial charge < -0.3 is 10.1 Å². The first-order valence-electron chi connectivity index (χ1n) is 7.07. The molecule has 1 saturated carbocycles. The third-order valence-corrected chi connectivity index (χ3v) is 3.46. The number of hydrogen-bond donors (Lipinski definition) is 1. The third kappa shape index (κ3) is 2.74. The Morgan fingerprint density at radius 2 is 2.20 bits per heavy atom. The molecular formula is C16H18N2O2. The van der Waals surface area contributed by atoms with Crippen LogP contribution in [0.4, 0.5) is 5.82 Å². The fourth-order valence-corrected chi connectivity index (χ4v) is 2.31. The number of esters is 1. The first-order valence-corrected chi connectivity index (χ1v) is 7.07. The van der Waals surface area contributed by atoms with Crippen LogP contribution in [0.2, 0.25) is 0 Å². The van der Waals surface area contributed by atoms with Gasteiger partial charge in [0.1, 0.15) is 12.4 Å². The van der Waals surface area contributed by atoms with Crippen molar-refractivity contribution in [2.45, 2.75) is 25.7 Å². The van der Waals surface area contributed by atoms with Gasteiger partial charge in [-0.2, -0.15) is 0 Å². The van der Waals surface area contributed by atoms with Crippen LogP contribution in [0.25, 0.3) is 10.8 Å². The highest BCUT2D eigenvalue weighted by molar-refractivity contribution is 5.93. The van der Waals surface area contributed by atoms with Gasteiger partial charge in [-0.1, -0.05) is 24.3 Å². The predicted molar refractivity (Wildman–Crippen MR) is 78.8 cm³/mol. The van der Waals surface area contributed by atoms with Crippen molar-refractivity contribution in [2.24, 2.45) is 0 Å². The van der Waals surface area contributed by atoms with E-state index in [1.165, 1.54) is 12.8 Å². The van der Waals surface area contributed by atoms with Gasteiger partial charge in [0.15, 0.2) is 0 Å². The predicted octanol–water partition coefficient (Wildman–Crippen LogP) is 3.09. The van der Waals surface area contributed by atoms with Gasteiger partial charge >= 0.3 is 5.97 Å². The summed E-state index contributed by atoms with van der Waals surface area (Å²) in [4.78, 5) is 16.1. The second kappa shape index (κ2) is 5.49. The Labute approximate surface area is 118 Å². The van der Waals surface area contributed by atoms with Crippen LogP contribution in [0, 0.1) is 0 Å². The molecular weight excluding hydrogens is 252 g/mol. The number of carbonyl (C=O) groups is 1. The zero-order valence-corrected chi connectivity index (χ0v) is 11.6. The van der Waals surface area contributed by atoms with Crippen molar-refractivity contribution in [1.82, 2.24) is 4.98 Å². The molecule has 1 N–H and O–H groups in total. The average Bonchev–Trinajstić information content (AvgIpc) is 3.29. The minimum Gasteiger partial charge on any atom is -0.465 e. The molecule has 4 heteroatoms. The van der Waals surface area contributed by atoms with Crippen LogP contribution in [-0.2, 0) is 9.53 Å². The van der Waals surface area contributed by atoms with E-state index in [4.69, 9.17) is 4.74 Å². The van der Waals surface area contributed by atoms with Gasteiger partial charge in [-0.25, -0.2) is 4.98 Å². The smallest absolute Gasteiger partial charge is 0.325 e. The molecule has 0 atom stereocenters. The quantitative estimate of drug-likeness (QED) is 0.848. The molecule has 20 heavy (non-hydrogen) atoms. The molecule has 1 heterocycles. The van der Waals surface area contributed by atoms with Crippen LogP contribution in [0.15, 0.2) is 30.3 Å². The minimum absolute atomic E-state index is 0.152. The highest BCUT2D eigenvalue weighted by Crippen LogP contribution is 2.40. The van der Waals surface area contributed by atoms with Gasteiger partial charge in [0.2, 0.25) is 0 Å². The molecule has 0 amide bonds. The Morgan fingerprint density at radius 3 is 2.95 bits per heavy atom. The lowest BCUT2D eigenvalue weighted by atomic mass is 10.1. The lowest BCUT2D eigenvalue weighted by molar-refractivity contribution is -0.140. The number of nitrogens with zero attached hydrogens (tertiary/aromatic N) is 1. The zero-order valence-electron chi connectivity index (χ0n) is 11.6. The number of carbonyl (C=O) groups excluding carboxylic acids is 1. The van der Waals surface area contributed by atoms with Crippen molar-refractivity contribution in [3.05, 3.63) is 36.0 Å². The summed E-state index contributed by atoms with van der Waals surface area (Å²) in [5.41, 5.74) is 1.12. The summed E-state index contributed by atoms with van der Waals surface area (Å²) in [6.45, 7) is 2.36. The van der Waals surface area contributed by atoms with Crippen molar-refractivity contribution >= 4 is 22.6 Å². The van der Waals surface area contributed by atoms with E-state index in [9.17, 15) is 4.79 Å². The molecule has 1 aliphatic rings. The van der Waals surface area contributed by atoms with Crippen molar-refractivity contribution in [3.8, 4) is 0 Å². The van der Waals surface area contributed by atoms with Crippen molar-refractivity contribution in [2.75, 3.05) is 18.5 Å². The molecule has 1 fully saturated rings. The topological polar surface area (TPSA) is 51.2 Å². The average molecular weight is 270 g/mol. The number of nitrogens with one attached hydrogen (secondary N) is 1. The lowest BCUT2D eigenvalue weighted by Gasteiger charge is -2.11. The summed E-state index contributed by atoms with van der Waals surface area (Å²) >= 11 is 0. The second-order valence-electron chi connectivity index (χ2n) is 5.05. The molecule has 1 aromatic carbocycles. The molecule has 0 spiro atoms. The summed E-state index contributed by atoms with van der Waals surface area (Å²) in [6.07, 6.45) is 2.42. The molecule has 4 nitrogen and oxygen atoms in total. The molecule has 0 radical (unpaired) electrons. The van der Waals surface area contributed by atoms with Gasteiger partial charge in [0, 0.05) is 17.0 Å². The fraction of sp³-hybridized carbons (Fsp3) is 0.375. The number of benzene rings is 1. The van der Waals surface area contributed by atoms with E-state index in [-0.39, 0.29) is 12.5 Å². The van der Waals surface area contributed by atoms with E-state index in [0.29, 0.717) is 12.5 Å². The summed E-state index contributed by atoms with van der Waals surface area (Å²) < 4.78 is 4.94. The summed E-state index contributed by atoms with van der Waals surface area (Å²) in [5, 5.41) is 5.32. The Balaban J connectivity index is 1.89. The van der Waals surface area contributed by atoms with Gasteiger partial charge in [0.05, 0.1) is 6.61 Å². The Bertz CT molecular complexity index is 635. The van der Waals surface area contributed by atoms with Crippen LogP contribution in [0.5, 0.6) is 0 Å². The molecule has 1 aromatic heterocycles. The van der Waals surface area contributed by atoms with Crippen LogP contribution >= 0.6 is 0 Å². The third-order valence-electron chi connectivity index (χ3n) is 3.46. The summed E-state index contributed by atoms with van der Waals surface area (Å²) in [5.74, 6) is 1.11. The van der Waals surface area contributed by atoms with Crippen LogP contribution < -0.4 is 5.32 Å². The first-order chi connectivity index (χ1) is 9.78. The van der Waals surface area contributed by atoms with Gasteiger partial charge in [-0.3, -0.25) is 4.79 Å². The van der Waals surface area contributed by atoms with E-state index < -0.39 is 0 Å². The highest BCUT2D eigenvalue weighted by atomic mass is 16.5. The number of fused-ring (bicyclic) bond motifs is 1. The van der Waals surface area contributed by atoms with E-state index in [1.807, 2.05) is 18.2 Å². The van der Waals surface area contributed by atoms with E-state index in [2.05, 4.69) is 22.4 Å². The SMILES string of the molecule is CCOC(=O)CNc1nc(C2CC2)cc2ccccc12. The molecule has 0 bridgehead atoms. The molecule has 3 rings (SSSR count). The summed E-state index contributed by atoms with van der Waals surface area (Å²) in [7, 11) is 0. The normalized spacial score (nSPS) is 14.2. The number of hydrogen-bond acceptors (Lipinski definition) is 4. The number of ether oxygens (including phenoxy) is 1. The Morgan fingerprint density at radius 1 is 1.40 bits per heavy atom. The highest BCUT2D eigenvalue weighted by Gasteiger charge is 2.26. The van der Waals surface area contributed by atoms with Crippen LogP contribution in [0.1, 0.15) is 31.4 Å². The maximum Gasteiger partial charge on any atom is 0.325 e. The van der Waals surface area contributed by atoms with Crippen molar-refractivity contribution in [3.63, 3.8) is 0 Å². The number of rotatable bonds is 5. The fourth-order valence-electron chi connectivity index (χ4n) is 2.31. The van der Waals surface area contributed by atoms with Gasteiger partial charge in [-0.15, -0.1) is 0 Å². The van der Waals surface area contributed by atoms with E-state index in [1.54, 1.807) is 6.92 Å². The minimum atomic E-state index is -0.254. The first kappa shape index (κ1) is 12.9. The molecule has 2 aromatic rings. The van der Waals surface area contributed by atoms with Crippen LogP contribution in [-0.4, -0.2) is 24.1 Å². The van der Waals surface area contributed by atoms with Crippen molar-refractivity contribution < 1.29 is 9.53 Å². The zero-order chi connectivity index (χ0) is 13.9. The van der Waals surface area contributed by atoms with Crippen LogP contribution in [0.3, 0.4) is 0 Å². The molecule has 0 saturated heterocycles. The lowest BCUT2D eigenvalue weighted by Crippen LogP contribution is -2.17. The maximum absolute atomic E-state index is 11.5. The monoisotopic (exact) mass is 270 g/mol. The maximum atomic E-state index is 11.5. The number of anilines is 1. The number of aromatic nitrogens is 1. The van der Waals surface area contributed by atoms with Gasteiger partial charge in [-0.05, 0) is 31.2 Å². The van der Waals surface area contributed by atoms with Gasteiger partial charge in [0.25, 0.3) is 0 Å². The van der Waals surface area contributed by atoms with E-state index in [0.717, 1.165) is 22.3 Å². The molecule has 1 aliphatic carbocycles. The largest absolute Gasteiger partial charge is 0.465 e. The number of pyridine rings is 1. The van der Waals surface area contributed by atoms with E-state index >= 15 is 0 Å². The standard InChI is InChI=1S/C16H18N2O2/c1-2-20-15(19)10-17-16-13-6-4-3-5-12(13)9-14(18-16)11-7-8-11/h3-6,9,11H,2,7-8,10H2,1H3,(H,17,18). The summed E-state index contributed by atoms with van der Waals surface area (Å²) in [6, 6.07) is 10.3. The Kier molecular flexibility index (Phi) is 3.54. The molecule has 0 unspecified atom stereocenters. The second-order valence-corrected chi connectivity index (χ2v) is 5.05. The molecule has 104 valence electrons. The Hall–Kier alpha value is -2.10. The van der Waals surface area contributed by atoms with Crippen molar-refractivity contribution in [1.29, 1.82) is 0 Å². The molecule has 0 aliphatic heterocycles.